The van der Waals surface area contributed by atoms with E-state index in [-0.39, 0.29) is 5.91 Å². The molecule has 5 heteroatoms. The van der Waals surface area contributed by atoms with Crippen molar-refractivity contribution in [3.05, 3.63) is 34.9 Å². The molecular formula is C13H17ClN2O2. The van der Waals surface area contributed by atoms with Crippen molar-refractivity contribution in [1.29, 1.82) is 0 Å². The van der Waals surface area contributed by atoms with E-state index in [2.05, 4.69) is 10.9 Å². The van der Waals surface area contributed by atoms with Crippen LogP contribution in [0.25, 0.3) is 0 Å². The molecule has 0 atom stereocenters. The minimum atomic E-state index is -0.418. The predicted molar refractivity (Wildman–Crippen MR) is 71.1 cm³/mol. The molecule has 1 aromatic carbocycles. The lowest BCUT2D eigenvalue weighted by Crippen LogP contribution is -2.41. The molecule has 2 amide bonds. The highest BCUT2D eigenvalue weighted by Gasteiger charge is 2.10. The van der Waals surface area contributed by atoms with Gasteiger partial charge in [0.15, 0.2) is 0 Å². The third-order valence-electron chi connectivity index (χ3n) is 2.38. The first-order chi connectivity index (χ1) is 8.50. The van der Waals surface area contributed by atoms with Crippen molar-refractivity contribution in [2.24, 2.45) is 5.92 Å². The third kappa shape index (κ3) is 4.75. The molecule has 98 valence electrons. The fraction of sp³-hybridized carbons (Fsp3) is 0.385. The van der Waals surface area contributed by atoms with Gasteiger partial charge in [0.25, 0.3) is 5.91 Å². The van der Waals surface area contributed by atoms with Gasteiger partial charge in [-0.25, -0.2) is 0 Å². The van der Waals surface area contributed by atoms with Crippen LogP contribution in [-0.2, 0) is 4.79 Å². The second-order valence-electron chi connectivity index (χ2n) is 4.41. The number of rotatable bonds is 4. The highest BCUT2D eigenvalue weighted by atomic mass is 35.5. The molecule has 0 saturated carbocycles. The number of nitrogens with one attached hydrogen (secondary N) is 2. The first-order valence-corrected chi connectivity index (χ1v) is 6.22. The van der Waals surface area contributed by atoms with E-state index in [9.17, 15) is 9.59 Å². The summed E-state index contributed by atoms with van der Waals surface area (Å²) in [6, 6.07) is 6.66. The van der Waals surface area contributed by atoms with Crippen LogP contribution in [0.5, 0.6) is 0 Å². The van der Waals surface area contributed by atoms with Crippen molar-refractivity contribution >= 4 is 23.4 Å². The van der Waals surface area contributed by atoms with E-state index < -0.39 is 5.91 Å². The van der Waals surface area contributed by atoms with E-state index in [1.54, 1.807) is 24.3 Å². The molecule has 0 unspecified atom stereocenters. The average molecular weight is 269 g/mol. The first-order valence-electron chi connectivity index (χ1n) is 5.84. The summed E-state index contributed by atoms with van der Waals surface area (Å²) in [6.07, 6.45) is 1.17. The van der Waals surface area contributed by atoms with Gasteiger partial charge in [-0.1, -0.05) is 37.6 Å². The van der Waals surface area contributed by atoms with Gasteiger partial charge in [-0.15, -0.1) is 0 Å². The van der Waals surface area contributed by atoms with Crippen molar-refractivity contribution in [2.75, 3.05) is 0 Å². The van der Waals surface area contributed by atoms with Crippen LogP contribution in [0.2, 0.25) is 5.02 Å². The van der Waals surface area contributed by atoms with E-state index in [1.807, 2.05) is 13.8 Å². The summed E-state index contributed by atoms with van der Waals surface area (Å²) in [5.74, 6) is -0.169. The summed E-state index contributed by atoms with van der Waals surface area (Å²) in [5, 5.41) is 0.353. The molecule has 0 heterocycles. The van der Waals surface area contributed by atoms with Crippen LogP contribution in [0.15, 0.2) is 24.3 Å². The van der Waals surface area contributed by atoms with Crippen molar-refractivity contribution in [2.45, 2.75) is 26.7 Å². The average Bonchev–Trinajstić information content (AvgIpc) is 2.34. The summed E-state index contributed by atoms with van der Waals surface area (Å²) in [5.41, 5.74) is 5.04. The van der Waals surface area contributed by atoms with E-state index in [1.165, 1.54) is 0 Å². The second-order valence-corrected chi connectivity index (χ2v) is 4.82. The molecule has 0 fully saturated rings. The highest BCUT2D eigenvalue weighted by Crippen LogP contribution is 2.14. The van der Waals surface area contributed by atoms with Gasteiger partial charge in [-0.2, -0.15) is 0 Å². The summed E-state index contributed by atoms with van der Waals surface area (Å²) in [6.45, 7) is 4.07. The monoisotopic (exact) mass is 268 g/mol. The Bertz CT molecular complexity index is 433. The van der Waals surface area contributed by atoms with Crippen molar-refractivity contribution in [3.8, 4) is 0 Å². The van der Waals surface area contributed by atoms with Gasteiger partial charge in [0.1, 0.15) is 0 Å². The maximum absolute atomic E-state index is 11.7. The quantitative estimate of drug-likeness (QED) is 0.825. The molecule has 0 aliphatic rings. The van der Waals surface area contributed by atoms with Gasteiger partial charge in [0.05, 0.1) is 10.6 Å². The van der Waals surface area contributed by atoms with E-state index in [4.69, 9.17) is 11.6 Å². The van der Waals surface area contributed by atoms with Gasteiger partial charge in [0, 0.05) is 6.42 Å². The minimum Gasteiger partial charge on any atom is -0.273 e. The smallest absolute Gasteiger partial charge is 0.271 e. The van der Waals surface area contributed by atoms with Crippen LogP contribution in [0.1, 0.15) is 37.0 Å². The minimum absolute atomic E-state index is 0.205. The summed E-state index contributed by atoms with van der Waals surface area (Å²) < 4.78 is 0. The molecule has 0 aliphatic heterocycles. The van der Waals surface area contributed by atoms with Crippen molar-refractivity contribution in [3.63, 3.8) is 0 Å². The number of benzene rings is 1. The largest absolute Gasteiger partial charge is 0.273 e. The molecule has 0 aliphatic carbocycles. The number of hydrazine groups is 1. The third-order valence-corrected chi connectivity index (χ3v) is 2.71. The van der Waals surface area contributed by atoms with E-state index >= 15 is 0 Å². The Morgan fingerprint density at radius 1 is 1.22 bits per heavy atom. The fourth-order valence-electron chi connectivity index (χ4n) is 1.32. The van der Waals surface area contributed by atoms with Crippen LogP contribution in [0.3, 0.4) is 0 Å². The molecule has 2 N–H and O–H groups in total. The molecule has 0 spiro atoms. The Morgan fingerprint density at radius 2 is 1.89 bits per heavy atom. The van der Waals surface area contributed by atoms with E-state index in [0.29, 0.717) is 22.9 Å². The summed E-state index contributed by atoms with van der Waals surface area (Å²) >= 11 is 5.86. The molecule has 18 heavy (non-hydrogen) atoms. The zero-order chi connectivity index (χ0) is 13.5. The number of amides is 2. The summed E-state index contributed by atoms with van der Waals surface area (Å²) in [7, 11) is 0. The Hall–Kier alpha value is -1.55. The maximum atomic E-state index is 11.7. The van der Waals surface area contributed by atoms with Crippen molar-refractivity contribution in [1.82, 2.24) is 10.9 Å². The van der Waals surface area contributed by atoms with Gasteiger partial charge in [-0.05, 0) is 24.5 Å². The Kier molecular flexibility index (Phi) is 5.65. The Labute approximate surface area is 112 Å². The van der Waals surface area contributed by atoms with Gasteiger partial charge in [0.2, 0.25) is 5.91 Å². The lowest BCUT2D eigenvalue weighted by molar-refractivity contribution is -0.122. The van der Waals surface area contributed by atoms with E-state index in [0.717, 1.165) is 6.42 Å². The van der Waals surface area contributed by atoms with Gasteiger partial charge >= 0.3 is 0 Å². The highest BCUT2D eigenvalue weighted by molar-refractivity contribution is 6.33. The Balaban J connectivity index is 2.42. The normalized spacial score (nSPS) is 10.2. The van der Waals surface area contributed by atoms with Crippen LogP contribution in [0, 0.1) is 5.92 Å². The lowest BCUT2D eigenvalue weighted by Gasteiger charge is -2.09. The zero-order valence-electron chi connectivity index (χ0n) is 10.5. The number of carbonyl (C=O) groups is 2. The van der Waals surface area contributed by atoms with Crippen LogP contribution in [-0.4, -0.2) is 11.8 Å². The molecule has 0 radical (unpaired) electrons. The topological polar surface area (TPSA) is 58.2 Å². The van der Waals surface area contributed by atoms with Gasteiger partial charge < -0.3 is 0 Å². The molecule has 1 rings (SSSR count). The molecule has 1 aromatic rings. The van der Waals surface area contributed by atoms with Crippen LogP contribution in [0.4, 0.5) is 0 Å². The number of halogens is 1. The van der Waals surface area contributed by atoms with Gasteiger partial charge in [-0.3, -0.25) is 20.4 Å². The maximum Gasteiger partial charge on any atom is 0.271 e. The molecule has 0 bridgehead atoms. The summed E-state index contributed by atoms with van der Waals surface area (Å²) in [4.78, 5) is 23.1. The fourth-order valence-corrected chi connectivity index (χ4v) is 1.54. The van der Waals surface area contributed by atoms with Crippen molar-refractivity contribution < 1.29 is 9.59 Å². The first kappa shape index (κ1) is 14.5. The molecular weight excluding hydrogens is 252 g/mol. The predicted octanol–water partition coefficient (Wildman–Crippen LogP) is 2.54. The SMILES string of the molecule is CC(C)CCC(=O)NNC(=O)c1ccccc1Cl. The molecule has 0 aromatic heterocycles. The second kappa shape index (κ2) is 7.01. The number of hydrogen-bond donors (Lipinski definition) is 2. The molecule has 0 saturated heterocycles. The standard InChI is InChI=1S/C13H17ClN2O2/c1-9(2)7-8-12(17)15-16-13(18)10-5-3-4-6-11(10)14/h3-6,9H,7-8H2,1-2H3,(H,15,17)(H,16,18). The van der Waals surface area contributed by atoms with Crippen LogP contribution < -0.4 is 10.9 Å². The Morgan fingerprint density at radius 3 is 2.50 bits per heavy atom. The number of carbonyl (C=O) groups excluding carboxylic acids is 2. The zero-order valence-corrected chi connectivity index (χ0v) is 11.3. The van der Waals surface area contributed by atoms with Crippen LogP contribution >= 0.6 is 11.6 Å². The molecule has 4 nitrogen and oxygen atoms in total. The lowest BCUT2D eigenvalue weighted by atomic mass is 10.1. The number of hydrogen-bond acceptors (Lipinski definition) is 2.